The first-order valence-corrected chi connectivity index (χ1v) is 7.22. The summed E-state index contributed by atoms with van der Waals surface area (Å²) in [7, 11) is 1.52. The summed E-state index contributed by atoms with van der Waals surface area (Å²) >= 11 is 3.33. The molecule has 0 unspecified atom stereocenters. The fourth-order valence-electron chi connectivity index (χ4n) is 1.85. The topological polar surface area (TPSA) is 93.8 Å². The zero-order chi connectivity index (χ0) is 16.8. The molecule has 2 aromatic rings. The Labute approximate surface area is 140 Å². The van der Waals surface area contributed by atoms with Crippen molar-refractivity contribution in [2.45, 2.75) is 0 Å². The number of methoxy groups -OCH3 is 1. The second-order valence-electron chi connectivity index (χ2n) is 4.36. The summed E-state index contributed by atoms with van der Waals surface area (Å²) < 4.78 is 6.00. The summed E-state index contributed by atoms with van der Waals surface area (Å²) in [6.07, 6.45) is 1.40. The number of rotatable bonds is 5. The Kier molecular flexibility index (Phi) is 5.42. The Morgan fingerprint density at radius 3 is 2.78 bits per heavy atom. The molecule has 2 rings (SSSR count). The minimum absolute atomic E-state index is 0.0594. The van der Waals surface area contributed by atoms with Gasteiger partial charge in [0.15, 0.2) is 0 Å². The number of carbonyl (C=O) groups excluding carboxylic acids is 1. The molecule has 2 aromatic carbocycles. The molecule has 0 aliphatic carbocycles. The van der Waals surface area contributed by atoms with Crippen molar-refractivity contribution >= 4 is 33.7 Å². The molecule has 0 aliphatic rings. The lowest BCUT2D eigenvalue weighted by atomic mass is 10.2. The standard InChI is InChI=1S/C15H12BrN3O4/c1-23-14-7-6-11(16)8-10(14)9-17-18-15(20)12-4-2-3-5-13(12)19(21)22/h2-9H,1H3,(H,18,20)/b17-9+. The Bertz CT molecular complexity index is 777. The van der Waals surface area contributed by atoms with Crippen molar-refractivity contribution in [1.29, 1.82) is 0 Å². The van der Waals surface area contributed by atoms with E-state index in [4.69, 9.17) is 4.74 Å². The highest BCUT2D eigenvalue weighted by Crippen LogP contribution is 2.21. The van der Waals surface area contributed by atoms with Gasteiger partial charge in [-0.2, -0.15) is 5.10 Å². The van der Waals surface area contributed by atoms with Gasteiger partial charge in [-0.15, -0.1) is 0 Å². The van der Waals surface area contributed by atoms with Gasteiger partial charge < -0.3 is 4.74 Å². The number of nitrogens with zero attached hydrogens (tertiary/aromatic N) is 2. The van der Waals surface area contributed by atoms with Crippen LogP contribution in [0, 0.1) is 10.1 Å². The van der Waals surface area contributed by atoms with Gasteiger partial charge in [0.25, 0.3) is 11.6 Å². The van der Waals surface area contributed by atoms with E-state index < -0.39 is 10.8 Å². The van der Waals surface area contributed by atoms with E-state index in [1.54, 1.807) is 18.2 Å². The number of benzene rings is 2. The normalized spacial score (nSPS) is 10.5. The third-order valence-electron chi connectivity index (χ3n) is 2.91. The van der Waals surface area contributed by atoms with Gasteiger partial charge in [0.2, 0.25) is 0 Å². The van der Waals surface area contributed by atoms with Crippen LogP contribution in [0.5, 0.6) is 5.75 Å². The minimum Gasteiger partial charge on any atom is -0.496 e. The highest BCUT2D eigenvalue weighted by Gasteiger charge is 2.18. The van der Waals surface area contributed by atoms with Crippen molar-refractivity contribution < 1.29 is 14.5 Å². The average molecular weight is 378 g/mol. The second-order valence-corrected chi connectivity index (χ2v) is 5.28. The van der Waals surface area contributed by atoms with Crippen LogP contribution in [0.4, 0.5) is 5.69 Å². The summed E-state index contributed by atoms with van der Waals surface area (Å²) in [5.41, 5.74) is 2.58. The van der Waals surface area contributed by atoms with E-state index in [1.165, 1.54) is 31.5 Å². The molecule has 23 heavy (non-hydrogen) atoms. The molecule has 8 heteroatoms. The quantitative estimate of drug-likeness (QED) is 0.491. The van der Waals surface area contributed by atoms with Crippen molar-refractivity contribution in [1.82, 2.24) is 5.43 Å². The molecule has 0 aromatic heterocycles. The third kappa shape index (κ3) is 4.13. The van der Waals surface area contributed by atoms with Gasteiger partial charge >= 0.3 is 0 Å². The van der Waals surface area contributed by atoms with E-state index in [9.17, 15) is 14.9 Å². The molecular formula is C15H12BrN3O4. The maximum absolute atomic E-state index is 12.0. The molecule has 1 amide bonds. The van der Waals surface area contributed by atoms with Crippen LogP contribution in [0.3, 0.4) is 0 Å². The molecule has 0 radical (unpaired) electrons. The van der Waals surface area contributed by atoms with Crippen molar-refractivity contribution in [2.24, 2.45) is 5.10 Å². The van der Waals surface area contributed by atoms with E-state index >= 15 is 0 Å². The average Bonchev–Trinajstić information content (AvgIpc) is 2.55. The van der Waals surface area contributed by atoms with E-state index in [0.29, 0.717) is 11.3 Å². The van der Waals surface area contributed by atoms with Gasteiger partial charge in [-0.05, 0) is 24.3 Å². The van der Waals surface area contributed by atoms with Crippen LogP contribution in [0.1, 0.15) is 15.9 Å². The highest BCUT2D eigenvalue weighted by molar-refractivity contribution is 9.10. The van der Waals surface area contributed by atoms with Gasteiger partial charge in [0.05, 0.1) is 18.2 Å². The van der Waals surface area contributed by atoms with E-state index in [1.807, 2.05) is 6.07 Å². The van der Waals surface area contributed by atoms with Crippen LogP contribution < -0.4 is 10.2 Å². The van der Waals surface area contributed by atoms with Crippen LogP contribution in [0.15, 0.2) is 52.0 Å². The molecule has 0 aliphatic heterocycles. The smallest absolute Gasteiger partial charge is 0.282 e. The molecule has 1 N–H and O–H groups in total. The van der Waals surface area contributed by atoms with E-state index in [2.05, 4.69) is 26.5 Å². The van der Waals surface area contributed by atoms with Crippen LogP contribution in [0.25, 0.3) is 0 Å². The minimum atomic E-state index is -0.664. The largest absolute Gasteiger partial charge is 0.496 e. The number of nitrogens with one attached hydrogen (secondary N) is 1. The van der Waals surface area contributed by atoms with Crippen molar-refractivity contribution in [3.8, 4) is 5.75 Å². The summed E-state index contributed by atoms with van der Waals surface area (Å²) in [5, 5.41) is 14.7. The summed E-state index contributed by atoms with van der Waals surface area (Å²) in [6.45, 7) is 0. The number of amides is 1. The molecule has 0 bridgehead atoms. The monoisotopic (exact) mass is 377 g/mol. The first kappa shape index (κ1) is 16.6. The number of hydrogen-bond acceptors (Lipinski definition) is 5. The molecule has 0 saturated carbocycles. The van der Waals surface area contributed by atoms with Crippen LogP contribution in [-0.4, -0.2) is 24.2 Å². The summed E-state index contributed by atoms with van der Waals surface area (Å²) in [4.78, 5) is 22.3. The molecular weight excluding hydrogens is 366 g/mol. The van der Waals surface area contributed by atoms with Gasteiger partial charge in [0.1, 0.15) is 11.3 Å². The Balaban J connectivity index is 2.17. The van der Waals surface area contributed by atoms with Crippen LogP contribution in [0.2, 0.25) is 0 Å². The SMILES string of the molecule is COc1ccc(Br)cc1/C=N/NC(=O)c1ccccc1[N+](=O)[O-]. The number of carbonyl (C=O) groups is 1. The van der Waals surface area contributed by atoms with Crippen LogP contribution in [-0.2, 0) is 0 Å². The van der Waals surface area contributed by atoms with Crippen molar-refractivity contribution in [3.05, 3.63) is 68.2 Å². The van der Waals surface area contributed by atoms with Gasteiger partial charge in [-0.25, -0.2) is 5.43 Å². The maximum atomic E-state index is 12.0. The fraction of sp³-hybridized carbons (Fsp3) is 0.0667. The number of hydrogen-bond donors (Lipinski definition) is 1. The number of para-hydroxylation sites is 1. The van der Waals surface area contributed by atoms with E-state index in [-0.39, 0.29) is 11.3 Å². The Morgan fingerprint density at radius 1 is 1.35 bits per heavy atom. The number of nitro groups is 1. The first-order valence-electron chi connectivity index (χ1n) is 6.43. The first-order chi connectivity index (χ1) is 11.0. The van der Waals surface area contributed by atoms with Crippen LogP contribution >= 0.6 is 15.9 Å². The van der Waals surface area contributed by atoms with Gasteiger partial charge in [-0.1, -0.05) is 28.1 Å². The zero-order valence-electron chi connectivity index (χ0n) is 12.0. The Morgan fingerprint density at radius 2 is 2.09 bits per heavy atom. The molecule has 7 nitrogen and oxygen atoms in total. The van der Waals surface area contributed by atoms with Gasteiger partial charge in [0, 0.05) is 16.1 Å². The number of halogens is 1. The predicted octanol–water partition coefficient (Wildman–Crippen LogP) is 3.13. The zero-order valence-corrected chi connectivity index (χ0v) is 13.6. The summed E-state index contributed by atoms with van der Waals surface area (Å²) in [6, 6.07) is 11.0. The van der Waals surface area contributed by atoms with Crippen molar-refractivity contribution in [3.63, 3.8) is 0 Å². The predicted molar refractivity (Wildman–Crippen MR) is 88.9 cm³/mol. The lowest BCUT2D eigenvalue weighted by Crippen LogP contribution is -2.19. The molecule has 0 heterocycles. The molecule has 118 valence electrons. The molecule has 0 fully saturated rings. The number of nitro benzene ring substituents is 1. The van der Waals surface area contributed by atoms with Crippen molar-refractivity contribution in [2.75, 3.05) is 7.11 Å². The number of hydrazone groups is 1. The van der Waals surface area contributed by atoms with E-state index in [0.717, 1.165) is 4.47 Å². The lowest BCUT2D eigenvalue weighted by molar-refractivity contribution is -0.385. The number of ether oxygens (including phenoxy) is 1. The molecule has 0 spiro atoms. The highest BCUT2D eigenvalue weighted by atomic mass is 79.9. The Hall–Kier alpha value is -2.74. The maximum Gasteiger partial charge on any atom is 0.282 e. The van der Waals surface area contributed by atoms with Gasteiger partial charge in [-0.3, -0.25) is 14.9 Å². The summed E-state index contributed by atoms with van der Waals surface area (Å²) in [5.74, 6) is -0.0839. The second kappa shape index (κ2) is 7.50. The molecule has 0 saturated heterocycles. The lowest BCUT2D eigenvalue weighted by Gasteiger charge is -2.05. The molecule has 0 atom stereocenters. The fourth-order valence-corrected chi connectivity index (χ4v) is 2.23. The third-order valence-corrected chi connectivity index (χ3v) is 3.40.